The highest BCUT2D eigenvalue weighted by atomic mass is 16.5. The molecule has 15 heavy (non-hydrogen) atoms. The smallest absolute Gasteiger partial charge is 0.260 e. The summed E-state index contributed by atoms with van der Waals surface area (Å²) < 4.78 is 5.75. The first-order chi connectivity index (χ1) is 7.36. The van der Waals surface area contributed by atoms with Crippen LogP contribution in [0.3, 0.4) is 0 Å². The molecule has 1 atom stereocenters. The molecule has 3 rings (SSSR count). The number of hydrogen-bond donors (Lipinski definition) is 1. The Labute approximate surface area is 87.8 Å². The summed E-state index contributed by atoms with van der Waals surface area (Å²) in [6, 6.07) is 7.41. The number of nitrogens with zero attached hydrogens (tertiary/aromatic N) is 1. The monoisotopic (exact) mass is 204 g/mol. The predicted molar refractivity (Wildman–Crippen MR) is 54.8 cm³/mol. The van der Waals surface area contributed by atoms with E-state index in [1.165, 1.54) is 0 Å². The molecule has 1 fully saturated rings. The molecule has 1 saturated heterocycles. The maximum atomic E-state index is 12.1. The Bertz CT molecular complexity index is 405. The highest BCUT2D eigenvalue weighted by molar-refractivity contribution is 5.98. The van der Waals surface area contributed by atoms with Crippen molar-refractivity contribution in [1.82, 2.24) is 10.2 Å². The Morgan fingerprint density at radius 3 is 3.20 bits per heavy atom. The third kappa shape index (κ3) is 1.29. The van der Waals surface area contributed by atoms with Gasteiger partial charge in [0.15, 0.2) is 6.23 Å². The van der Waals surface area contributed by atoms with Crippen LogP contribution in [0.2, 0.25) is 0 Å². The lowest BCUT2D eigenvalue weighted by molar-refractivity contribution is -0.000773. The average Bonchev–Trinajstić information content (AvgIpc) is 2.30. The summed E-state index contributed by atoms with van der Waals surface area (Å²) in [5.41, 5.74) is 0.677. The summed E-state index contributed by atoms with van der Waals surface area (Å²) in [6.45, 7) is 2.27. The first-order valence-corrected chi connectivity index (χ1v) is 5.13. The van der Waals surface area contributed by atoms with Crippen molar-refractivity contribution in [3.05, 3.63) is 29.8 Å². The SMILES string of the molecule is O=C1c2ccccc2O[C@@H]2CNCCN12. The Kier molecular flexibility index (Phi) is 1.89. The van der Waals surface area contributed by atoms with E-state index in [-0.39, 0.29) is 12.1 Å². The second-order valence-corrected chi connectivity index (χ2v) is 3.77. The number of para-hydroxylation sites is 1. The van der Waals surface area contributed by atoms with Gasteiger partial charge in [0.1, 0.15) is 5.75 Å². The van der Waals surface area contributed by atoms with Crippen LogP contribution in [0, 0.1) is 0 Å². The molecular weight excluding hydrogens is 192 g/mol. The first kappa shape index (κ1) is 8.73. The second-order valence-electron chi connectivity index (χ2n) is 3.77. The van der Waals surface area contributed by atoms with Crippen LogP contribution in [-0.2, 0) is 0 Å². The minimum atomic E-state index is -0.138. The van der Waals surface area contributed by atoms with Gasteiger partial charge in [0.05, 0.1) is 12.1 Å². The van der Waals surface area contributed by atoms with Crippen LogP contribution in [-0.4, -0.2) is 36.7 Å². The van der Waals surface area contributed by atoms with Crippen molar-refractivity contribution < 1.29 is 9.53 Å². The van der Waals surface area contributed by atoms with Crippen LogP contribution in [0.15, 0.2) is 24.3 Å². The van der Waals surface area contributed by atoms with Crippen molar-refractivity contribution in [3.63, 3.8) is 0 Å². The predicted octanol–water partition coefficient (Wildman–Crippen LogP) is 0.450. The van der Waals surface area contributed by atoms with Gasteiger partial charge < -0.3 is 15.0 Å². The molecule has 0 aliphatic carbocycles. The number of rotatable bonds is 0. The molecule has 1 aromatic carbocycles. The van der Waals surface area contributed by atoms with Gasteiger partial charge in [0, 0.05) is 13.1 Å². The summed E-state index contributed by atoms with van der Waals surface area (Å²) in [5, 5.41) is 3.22. The third-order valence-corrected chi connectivity index (χ3v) is 2.84. The van der Waals surface area contributed by atoms with Gasteiger partial charge in [-0.15, -0.1) is 0 Å². The summed E-state index contributed by atoms with van der Waals surface area (Å²) >= 11 is 0. The first-order valence-electron chi connectivity index (χ1n) is 5.13. The van der Waals surface area contributed by atoms with Gasteiger partial charge in [0.25, 0.3) is 5.91 Å². The standard InChI is InChI=1S/C11H12N2O2/c14-11-8-3-1-2-4-9(8)15-10-7-12-5-6-13(10)11/h1-4,10,12H,5-7H2/t10-/m1/s1. The maximum absolute atomic E-state index is 12.1. The Morgan fingerprint density at radius 2 is 2.27 bits per heavy atom. The molecule has 0 saturated carbocycles. The number of carbonyl (C=O) groups excluding carboxylic acids is 1. The molecule has 1 amide bonds. The van der Waals surface area contributed by atoms with Crippen LogP contribution in [0.25, 0.3) is 0 Å². The second kappa shape index (κ2) is 3.24. The molecule has 1 aromatic rings. The van der Waals surface area contributed by atoms with Gasteiger partial charge in [-0.05, 0) is 12.1 Å². The largest absolute Gasteiger partial charge is 0.468 e. The highest BCUT2D eigenvalue weighted by Gasteiger charge is 2.34. The molecule has 0 aromatic heterocycles. The molecule has 0 unspecified atom stereocenters. The molecule has 0 spiro atoms. The minimum absolute atomic E-state index is 0.0864. The molecule has 1 N–H and O–H groups in total. The van der Waals surface area contributed by atoms with Gasteiger partial charge in [-0.1, -0.05) is 12.1 Å². The van der Waals surface area contributed by atoms with Gasteiger partial charge in [-0.3, -0.25) is 4.79 Å². The van der Waals surface area contributed by atoms with E-state index in [9.17, 15) is 4.79 Å². The van der Waals surface area contributed by atoms with Gasteiger partial charge >= 0.3 is 0 Å². The molecule has 78 valence electrons. The highest BCUT2D eigenvalue weighted by Crippen LogP contribution is 2.27. The van der Waals surface area contributed by atoms with Crippen molar-refractivity contribution in [2.75, 3.05) is 19.6 Å². The molecule has 0 radical (unpaired) electrons. The lowest BCUT2D eigenvalue weighted by atomic mass is 10.1. The zero-order valence-electron chi connectivity index (χ0n) is 8.27. The number of fused-ring (bicyclic) bond motifs is 2. The van der Waals surface area contributed by atoms with E-state index >= 15 is 0 Å². The summed E-state index contributed by atoms with van der Waals surface area (Å²) in [6.07, 6.45) is -0.138. The van der Waals surface area contributed by atoms with E-state index in [0.717, 1.165) is 13.1 Å². The Hall–Kier alpha value is -1.55. The van der Waals surface area contributed by atoms with Gasteiger partial charge in [-0.2, -0.15) is 0 Å². The van der Waals surface area contributed by atoms with Crippen molar-refractivity contribution in [1.29, 1.82) is 0 Å². The number of amides is 1. The van der Waals surface area contributed by atoms with E-state index < -0.39 is 0 Å². The number of piperazine rings is 1. The van der Waals surface area contributed by atoms with Gasteiger partial charge in [-0.25, -0.2) is 0 Å². The summed E-state index contributed by atoms with van der Waals surface area (Å²) in [4.78, 5) is 13.9. The Morgan fingerprint density at radius 1 is 1.40 bits per heavy atom. The molecular formula is C11H12N2O2. The van der Waals surface area contributed by atoms with Crippen LogP contribution in [0.5, 0.6) is 5.75 Å². The Balaban J connectivity index is 2.02. The quantitative estimate of drug-likeness (QED) is 0.667. The van der Waals surface area contributed by atoms with E-state index in [1.54, 1.807) is 4.90 Å². The van der Waals surface area contributed by atoms with Crippen molar-refractivity contribution >= 4 is 5.91 Å². The molecule has 2 heterocycles. The van der Waals surface area contributed by atoms with Gasteiger partial charge in [0.2, 0.25) is 0 Å². The van der Waals surface area contributed by atoms with Crippen LogP contribution >= 0.6 is 0 Å². The topological polar surface area (TPSA) is 41.6 Å². The zero-order valence-corrected chi connectivity index (χ0v) is 8.27. The van der Waals surface area contributed by atoms with Crippen molar-refractivity contribution in [2.45, 2.75) is 6.23 Å². The van der Waals surface area contributed by atoms with E-state index in [2.05, 4.69) is 5.32 Å². The van der Waals surface area contributed by atoms with Crippen LogP contribution in [0.4, 0.5) is 0 Å². The molecule has 2 aliphatic rings. The lowest BCUT2D eigenvalue weighted by Crippen LogP contribution is -2.58. The fourth-order valence-electron chi connectivity index (χ4n) is 2.06. The fraction of sp³-hybridized carbons (Fsp3) is 0.364. The number of ether oxygens (including phenoxy) is 1. The van der Waals surface area contributed by atoms with E-state index in [1.807, 2.05) is 24.3 Å². The lowest BCUT2D eigenvalue weighted by Gasteiger charge is -2.39. The zero-order chi connectivity index (χ0) is 10.3. The van der Waals surface area contributed by atoms with E-state index in [4.69, 9.17) is 4.74 Å². The maximum Gasteiger partial charge on any atom is 0.260 e. The van der Waals surface area contributed by atoms with Crippen molar-refractivity contribution in [2.24, 2.45) is 0 Å². The normalized spacial score (nSPS) is 24.1. The average molecular weight is 204 g/mol. The number of benzene rings is 1. The van der Waals surface area contributed by atoms with Crippen LogP contribution < -0.4 is 10.1 Å². The van der Waals surface area contributed by atoms with E-state index in [0.29, 0.717) is 17.9 Å². The number of hydrogen-bond acceptors (Lipinski definition) is 3. The summed E-state index contributed by atoms with van der Waals surface area (Å²) in [7, 11) is 0. The van der Waals surface area contributed by atoms with Crippen molar-refractivity contribution in [3.8, 4) is 5.75 Å². The fourth-order valence-corrected chi connectivity index (χ4v) is 2.06. The molecule has 2 aliphatic heterocycles. The number of nitrogens with one attached hydrogen (secondary N) is 1. The summed E-state index contributed by atoms with van der Waals surface area (Å²) in [5.74, 6) is 0.788. The molecule has 4 heteroatoms. The number of carbonyl (C=O) groups is 1. The molecule has 0 bridgehead atoms. The van der Waals surface area contributed by atoms with Crippen LogP contribution in [0.1, 0.15) is 10.4 Å². The molecule has 4 nitrogen and oxygen atoms in total. The minimum Gasteiger partial charge on any atom is -0.468 e. The third-order valence-electron chi connectivity index (χ3n) is 2.84.